The summed E-state index contributed by atoms with van der Waals surface area (Å²) in [6.07, 6.45) is 3.83. The van der Waals surface area contributed by atoms with Gasteiger partial charge in [0.2, 0.25) is 5.43 Å². The Morgan fingerprint density at radius 3 is 2.71 bits per heavy atom. The molecule has 11 heteroatoms. The minimum atomic E-state index is -0.986. The molecule has 2 aromatic heterocycles. The summed E-state index contributed by atoms with van der Waals surface area (Å²) in [5.74, 6) is -3.01. The largest absolute Gasteiger partial charge is 0.502 e. The van der Waals surface area contributed by atoms with Crippen LogP contribution in [-0.4, -0.2) is 52.8 Å². The third-order valence-corrected chi connectivity index (χ3v) is 6.21. The van der Waals surface area contributed by atoms with E-state index in [1.54, 1.807) is 17.1 Å². The highest BCUT2D eigenvalue weighted by molar-refractivity contribution is 6.00. The standard InChI is InChI=1S/C27H29F2N3O6/c1-2-11-37-12-4-10-30-17-31(15-20-5-3-13-38-20)32-16-21(25(34)26(35)24(32)27(30)36)23(33)9-7-18-6-8-19(28)14-22(18)29/h3,5-6,8,13-14,16,35H,2,4,7,9-12,15,17H2,1H3. The van der Waals surface area contributed by atoms with Crippen LogP contribution < -0.4 is 10.4 Å². The van der Waals surface area contributed by atoms with Crippen LogP contribution in [0.15, 0.2) is 52.0 Å². The number of carbonyl (C=O) groups excluding carboxylic acids is 2. The number of furan rings is 1. The average molecular weight is 530 g/mol. The van der Waals surface area contributed by atoms with Gasteiger partial charge in [-0.15, -0.1) is 0 Å². The maximum atomic E-state index is 14.0. The predicted molar refractivity (Wildman–Crippen MR) is 134 cm³/mol. The third kappa shape index (κ3) is 5.94. The molecule has 3 aromatic rings. The maximum absolute atomic E-state index is 14.0. The van der Waals surface area contributed by atoms with E-state index < -0.39 is 34.5 Å². The molecule has 0 aliphatic carbocycles. The fourth-order valence-electron chi connectivity index (χ4n) is 4.28. The molecule has 1 aliphatic heterocycles. The van der Waals surface area contributed by atoms with Crippen molar-refractivity contribution in [2.45, 2.75) is 39.2 Å². The van der Waals surface area contributed by atoms with Crippen molar-refractivity contribution in [2.24, 2.45) is 0 Å². The maximum Gasteiger partial charge on any atom is 0.277 e. The van der Waals surface area contributed by atoms with Crippen LogP contribution in [0.2, 0.25) is 0 Å². The SMILES string of the molecule is CCCOCCCN1CN(Cc2ccco2)n2cc(C(=O)CCc3ccc(F)cc3F)c(=O)c(O)c2C1=O. The van der Waals surface area contributed by atoms with Crippen molar-refractivity contribution in [2.75, 3.05) is 31.4 Å². The smallest absolute Gasteiger partial charge is 0.277 e. The van der Waals surface area contributed by atoms with Crippen molar-refractivity contribution < 1.29 is 32.6 Å². The van der Waals surface area contributed by atoms with Gasteiger partial charge in [0.15, 0.2) is 17.2 Å². The molecule has 3 heterocycles. The topological polar surface area (TPSA) is 105 Å². The molecule has 1 aliphatic rings. The Kier molecular flexibility index (Phi) is 8.57. The van der Waals surface area contributed by atoms with Crippen LogP contribution in [0.3, 0.4) is 0 Å². The molecule has 0 unspecified atom stereocenters. The lowest BCUT2D eigenvalue weighted by atomic mass is 10.0. The Morgan fingerprint density at radius 2 is 2.00 bits per heavy atom. The Bertz CT molecular complexity index is 1360. The second-order valence-corrected chi connectivity index (χ2v) is 8.99. The first-order valence-corrected chi connectivity index (χ1v) is 12.4. The molecule has 0 spiro atoms. The normalized spacial score (nSPS) is 13.2. The van der Waals surface area contributed by atoms with E-state index in [0.29, 0.717) is 31.9 Å². The number of benzene rings is 1. The zero-order valence-corrected chi connectivity index (χ0v) is 21.0. The number of hydrogen-bond acceptors (Lipinski definition) is 7. The van der Waals surface area contributed by atoms with Crippen LogP contribution in [0, 0.1) is 11.6 Å². The van der Waals surface area contributed by atoms with Crippen molar-refractivity contribution in [3.8, 4) is 5.75 Å². The van der Waals surface area contributed by atoms with Gasteiger partial charge in [-0.2, -0.15) is 0 Å². The number of amides is 1. The highest BCUT2D eigenvalue weighted by atomic mass is 19.1. The van der Waals surface area contributed by atoms with E-state index in [4.69, 9.17) is 9.15 Å². The molecular weight excluding hydrogens is 500 g/mol. The molecule has 0 fully saturated rings. The first kappa shape index (κ1) is 27.1. The molecule has 1 amide bonds. The summed E-state index contributed by atoms with van der Waals surface area (Å²) in [6, 6.07) is 6.49. The van der Waals surface area contributed by atoms with Crippen LogP contribution in [0.1, 0.15) is 58.4 Å². The molecule has 0 atom stereocenters. The van der Waals surface area contributed by atoms with Crippen LogP contribution in [0.4, 0.5) is 8.78 Å². The Hall–Kier alpha value is -3.99. The van der Waals surface area contributed by atoms with E-state index in [1.807, 2.05) is 6.92 Å². The number of halogens is 2. The molecule has 1 aromatic carbocycles. The summed E-state index contributed by atoms with van der Waals surface area (Å²) < 4.78 is 39.4. The Balaban J connectivity index is 1.61. The van der Waals surface area contributed by atoms with Crippen molar-refractivity contribution in [3.05, 3.63) is 87.2 Å². The Morgan fingerprint density at radius 1 is 1.18 bits per heavy atom. The lowest BCUT2D eigenvalue weighted by Gasteiger charge is -2.39. The average Bonchev–Trinajstić information content (AvgIpc) is 3.40. The summed E-state index contributed by atoms with van der Waals surface area (Å²) in [5.41, 5.74) is -1.47. The van der Waals surface area contributed by atoms with E-state index >= 15 is 0 Å². The first-order valence-electron chi connectivity index (χ1n) is 12.4. The van der Waals surface area contributed by atoms with Gasteiger partial charge in [-0.05, 0) is 43.0 Å². The van der Waals surface area contributed by atoms with Crippen LogP contribution in [-0.2, 0) is 17.7 Å². The summed E-state index contributed by atoms with van der Waals surface area (Å²) in [6.45, 7) is 3.69. The van der Waals surface area contributed by atoms with Gasteiger partial charge in [-0.25, -0.2) is 8.78 Å². The molecule has 0 saturated heterocycles. The number of ketones is 1. The predicted octanol–water partition coefficient (Wildman–Crippen LogP) is 3.61. The minimum absolute atomic E-state index is 0.0736. The molecular formula is C27H29F2N3O6. The van der Waals surface area contributed by atoms with Crippen molar-refractivity contribution in [1.29, 1.82) is 0 Å². The van der Waals surface area contributed by atoms with Crippen molar-refractivity contribution in [1.82, 2.24) is 9.58 Å². The number of nitrogens with zero attached hydrogens (tertiary/aromatic N) is 3. The molecule has 0 bridgehead atoms. The van der Waals surface area contributed by atoms with Gasteiger partial charge < -0.3 is 19.2 Å². The number of carbonyl (C=O) groups is 2. The summed E-state index contributed by atoms with van der Waals surface area (Å²) in [5, 5.41) is 12.5. The number of aromatic nitrogens is 1. The highest BCUT2D eigenvalue weighted by Crippen LogP contribution is 2.24. The van der Waals surface area contributed by atoms with E-state index in [1.165, 1.54) is 28.1 Å². The number of Topliss-reactive ketones (excluding diaryl/α,β-unsaturated/α-hetero) is 1. The van der Waals surface area contributed by atoms with Gasteiger partial charge in [0.05, 0.1) is 18.4 Å². The number of aryl methyl sites for hydroxylation is 1. The Labute approximate surface area is 217 Å². The molecule has 4 rings (SSSR count). The summed E-state index contributed by atoms with van der Waals surface area (Å²) in [7, 11) is 0. The first-order chi connectivity index (χ1) is 18.3. The van der Waals surface area contributed by atoms with Gasteiger partial charge in [0.1, 0.15) is 24.1 Å². The van der Waals surface area contributed by atoms with Crippen molar-refractivity contribution in [3.63, 3.8) is 0 Å². The molecule has 9 nitrogen and oxygen atoms in total. The van der Waals surface area contributed by atoms with Crippen LogP contribution in [0.25, 0.3) is 0 Å². The number of ether oxygens (including phenoxy) is 1. The number of hydrogen-bond donors (Lipinski definition) is 1. The van der Waals surface area contributed by atoms with E-state index in [-0.39, 0.29) is 42.9 Å². The summed E-state index contributed by atoms with van der Waals surface area (Å²) >= 11 is 0. The highest BCUT2D eigenvalue weighted by Gasteiger charge is 2.34. The van der Waals surface area contributed by atoms with Crippen LogP contribution >= 0.6 is 0 Å². The van der Waals surface area contributed by atoms with Crippen LogP contribution in [0.5, 0.6) is 5.75 Å². The quantitative estimate of drug-likeness (QED) is 0.282. The zero-order valence-electron chi connectivity index (χ0n) is 21.0. The second kappa shape index (κ2) is 12.0. The molecule has 0 radical (unpaired) electrons. The monoisotopic (exact) mass is 529 g/mol. The lowest BCUT2D eigenvalue weighted by Crippen LogP contribution is -2.54. The van der Waals surface area contributed by atoms with E-state index in [0.717, 1.165) is 18.6 Å². The fraction of sp³-hybridized carbons (Fsp3) is 0.370. The number of pyridine rings is 1. The zero-order chi connectivity index (χ0) is 27.2. The number of rotatable bonds is 12. The third-order valence-electron chi connectivity index (χ3n) is 6.21. The molecule has 1 N–H and O–H groups in total. The summed E-state index contributed by atoms with van der Waals surface area (Å²) in [4.78, 5) is 40.7. The van der Waals surface area contributed by atoms with Gasteiger partial charge in [-0.1, -0.05) is 13.0 Å². The minimum Gasteiger partial charge on any atom is -0.502 e. The molecule has 202 valence electrons. The van der Waals surface area contributed by atoms with E-state index in [2.05, 4.69) is 0 Å². The lowest BCUT2D eigenvalue weighted by molar-refractivity contribution is 0.0645. The van der Waals surface area contributed by atoms with Crippen molar-refractivity contribution >= 4 is 11.7 Å². The van der Waals surface area contributed by atoms with Gasteiger partial charge in [0, 0.05) is 38.4 Å². The second-order valence-electron chi connectivity index (χ2n) is 8.99. The van der Waals surface area contributed by atoms with Gasteiger partial charge >= 0.3 is 0 Å². The van der Waals surface area contributed by atoms with Gasteiger partial charge in [-0.3, -0.25) is 24.1 Å². The molecule has 0 saturated carbocycles. The number of fused-ring (bicyclic) bond motifs is 1. The fourth-order valence-corrected chi connectivity index (χ4v) is 4.28. The van der Waals surface area contributed by atoms with E-state index in [9.17, 15) is 28.3 Å². The van der Waals surface area contributed by atoms with Gasteiger partial charge in [0.25, 0.3) is 5.91 Å². The number of aromatic hydroxyl groups is 1. The molecule has 38 heavy (non-hydrogen) atoms.